The Balaban J connectivity index is 1.54. The van der Waals surface area contributed by atoms with E-state index in [1.165, 1.54) is 16.7 Å². The quantitative estimate of drug-likeness (QED) is 0.639. The molecule has 0 atom stereocenters. The van der Waals surface area contributed by atoms with E-state index < -0.39 is 0 Å². The first-order chi connectivity index (χ1) is 12.3. The first-order valence-electron chi connectivity index (χ1n) is 8.64. The van der Waals surface area contributed by atoms with Gasteiger partial charge >= 0.3 is 0 Å². The van der Waals surface area contributed by atoms with Crippen LogP contribution in [0.1, 0.15) is 23.6 Å². The van der Waals surface area contributed by atoms with E-state index >= 15 is 0 Å². The molecule has 0 unspecified atom stereocenters. The zero-order valence-corrected chi connectivity index (χ0v) is 15.3. The molecule has 0 fully saturated rings. The lowest BCUT2D eigenvalue weighted by atomic mass is 10.00. The van der Waals surface area contributed by atoms with Gasteiger partial charge in [-0.05, 0) is 46.9 Å². The molecule has 5 nitrogen and oxygen atoms in total. The highest BCUT2D eigenvalue weighted by Gasteiger charge is 2.20. The number of fused-ring (bicyclic) bond motifs is 1. The molecule has 2 heterocycles. The van der Waals surface area contributed by atoms with Crippen LogP contribution in [0.3, 0.4) is 0 Å². The lowest BCUT2D eigenvalue weighted by molar-refractivity contribution is -0.130. The first kappa shape index (κ1) is 17.5. The van der Waals surface area contributed by atoms with Crippen LogP contribution in [0, 0.1) is 0 Å². The third-order valence-electron chi connectivity index (χ3n) is 4.23. The summed E-state index contributed by atoms with van der Waals surface area (Å²) >= 11 is 1.67. The van der Waals surface area contributed by atoms with Crippen LogP contribution in [-0.2, 0) is 24.3 Å². The summed E-state index contributed by atoms with van der Waals surface area (Å²) in [5.74, 6) is 0.787. The summed E-state index contributed by atoms with van der Waals surface area (Å²) in [5.41, 5.74) is 3.78. The minimum absolute atomic E-state index is 0.107. The molecule has 25 heavy (non-hydrogen) atoms. The smallest absolute Gasteiger partial charge is 0.242 e. The van der Waals surface area contributed by atoms with E-state index in [-0.39, 0.29) is 12.5 Å². The first-order valence-corrected chi connectivity index (χ1v) is 9.58. The van der Waals surface area contributed by atoms with Gasteiger partial charge in [-0.3, -0.25) is 4.79 Å². The summed E-state index contributed by atoms with van der Waals surface area (Å²) in [6.45, 7) is 5.13. The molecule has 0 aliphatic carbocycles. The summed E-state index contributed by atoms with van der Waals surface area (Å²) < 4.78 is 0. The molecule has 0 bridgehead atoms. The molecule has 2 aromatic rings. The van der Waals surface area contributed by atoms with E-state index in [2.05, 4.69) is 45.3 Å². The van der Waals surface area contributed by atoms with E-state index in [1.54, 1.807) is 11.3 Å². The van der Waals surface area contributed by atoms with Crippen molar-refractivity contribution < 1.29 is 4.79 Å². The van der Waals surface area contributed by atoms with Crippen molar-refractivity contribution in [3.63, 3.8) is 0 Å². The van der Waals surface area contributed by atoms with Crippen molar-refractivity contribution in [2.45, 2.75) is 26.4 Å². The van der Waals surface area contributed by atoms with Gasteiger partial charge in [-0.15, -0.1) is 0 Å². The summed E-state index contributed by atoms with van der Waals surface area (Å²) in [7, 11) is 0. The van der Waals surface area contributed by atoms with E-state index in [9.17, 15) is 4.79 Å². The normalized spacial score (nSPS) is 14.1. The number of aliphatic imine (C=N–C) groups is 1. The number of benzene rings is 1. The van der Waals surface area contributed by atoms with Crippen LogP contribution in [0.4, 0.5) is 0 Å². The Morgan fingerprint density at radius 2 is 2.08 bits per heavy atom. The Labute approximate surface area is 152 Å². The lowest BCUT2D eigenvalue weighted by Crippen LogP contribution is -2.45. The van der Waals surface area contributed by atoms with Gasteiger partial charge in [0.15, 0.2) is 5.96 Å². The fourth-order valence-corrected chi connectivity index (χ4v) is 3.53. The fourth-order valence-electron chi connectivity index (χ4n) is 2.87. The van der Waals surface area contributed by atoms with Crippen LogP contribution >= 0.6 is 11.3 Å². The largest absolute Gasteiger partial charge is 0.357 e. The van der Waals surface area contributed by atoms with Gasteiger partial charge in [-0.25, -0.2) is 4.99 Å². The minimum Gasteiger partial charge on any atom is -0.357 e. The Morgan fingerprint density at radius 3 is 2.84 bits per heavy atom. The van der Waals surface area contributed by atoms with Gasteiger partial charge in [-0.1, -0.05) is 24.3 Å². The lowest BCUT2D eigenvalue weighted by Gasteiger charge is -2.29. The molecule has 3 rings (SSSR count). The molecule has 1 aromatic heterocycles. The number of hydrogen-bond donors (Lipinski definition) is 2. The van der Waals surface area contributed by atoms with Gasteiger partial charge in [0, 0.05) is 19.6 Å². The van der Waals surface area contributed by atoms with Crippen LogP contribution in [0.2, 0.25) is 0 Å². The highest BCUT2D eigenvalue weighted by Crippen LogP contribution is 2.18. The van der Waals surface area contributed by atoms with Gasteiger partial charge in [0.1, 0.15) is 0 Å². The summed E-state index contributed by atoms with van der Waals surface area (Å²) in [5, 5.41) is 10.5. The number of nitrogens with one attached hydrogen (secondary N) is 2. The minimum atomic E-state index is 0.107. The van der Waals surface area contributed by atoms with Crippen LogP contribution in [0.5, 0.6) is 0 Å². The van der Waals surface area contributed by atoms with Crippen LogP contribution in [0.25, 0.3) is 0 Å². The van der Waals surface area contributed by atoms with E-state index in [0.29, 0.717) is 19.0 Å². The van der Waals surface area contributed by atoms with Crippen LogP contribution in [0.15, 0.2) is 46.1 Å². The highest BCUT2D eigenvalue weighted by atomic mass is 32.1. The third-order valence-corrected chi connectivity index (χ3v) is 4.97. The number of amides is 1. The number of rotatable bonds is 5. The van der Waals surface area contributed by atoms with Crippen LogP contribution < -0.4 is 10.6 Å². The molecule has 1 amide bonds. The van der Waals surface area contributed by atoms with Gasteiger partial charge in [0.25, 0.3) is 0 Å². The van der Waals surface area contributed by atoms with Gasteiger partial charge in [0.05, 0.1) is 13.1 Å². The fraction of sp³-hybridized carbons (Fsp3) is 0.368. The van der Waals surface area contributed by atoms with Crippen molar-refractivity contribution >= 4 is 23.2 Å². The topological polar surface area (TPSA) is 56.7 Å². The molecule has 0 saturated heterocycles. The molecule has 2 N–H and O–H groups in total. The van der Waals surface area contributed by atoms with E-state index in [4.69, 9.17) is 0 Å². The molecule has 1 aliphatic heterocycles. The zero-order chi connectivity index (χ0) is 17.5. The maximum Gasteiger partial charge on any atom is 0.242 e. The Bertz CT molecular complexity index is 727. The Hall–Kier alpha value is -2.34. The van der Waals surface area contributed by atoms with E-state index in [1.807, 2.05) is 23.3 Å². The molecule has 6 heteroatoms. The number of nitrogens with zero attached hydrogens (tertiary/aromatic N) is 2. The van der Waals surface area contributed by atoms with Crippen molar-refractivity contribution in [2.24, 2.45) is 4.99 Å². The number of carbonyl (C=O) groups excluding carboxylic acids is 1. The second kappa shape index (κ2) is 8.67. The van der Waals surface area contributed by atoms with Crippen molar-refractivity contribution in [2.75, 3.05) is 19.6 Å². The predicted molar refractivity (Wildman–Crippen MR) is 103 cm³/mol. The number of thiophene rings is 1. The molecule has 132 valence electrons. The van der Waals surface area contributed by atoms with Gasteiger partial charge in [0.2, 0.25) is 5.91 Å². The molecule has 0 spiro atoms. The van der Waals surface area contributed by atoms with Crippen molar-refractivity contribution in [1.29, 1.82) is 0 Å². The Kier molecular flexibility index (Phi) is 6.06. The van der Waals surface area contributed by atoms with Crippen LogP contribution in [-0.4, -0.2) is 36.4 Å². The molecule has 0 radical (unpaired) electrons. The number of carbonyl (C=O) groups is 1. The van der Waals surface area contributed by atoms with Gasteiger partial charge in [-0.2, -0.15) is 11.3 Å². The summed E-state index contributed by atoms with van der Waals surface area (Å²) in [4.78, 5) is 19.0. The molecular weight excluding hydrogens is 332 g/mol. The molecular formula is C19H24N4OS. The SMILES string of the molecule is CCNC(=NCc1ccsc1)NCC(=O)N1CCc2ccccc2C1. The van der Waals surface area contributed by atoms with E-state index in [0.717, 1.165) is 19.5 Å². The maximum absolute atomic E-state index is 12.5. The van der Waals surface area contributed by atoms with Crippen molar-refractivity contribution in [3.8, 4) is 0 Å². The third kappa shape index (κ3) is 4.82. The second-order valence-corrected chi connectivity index (χ2v) is 6.79. The zero-order valence-electron chi connectivity index (χ0n) is 14.5. The summed E-state index contributed by atoms with van der Waals surface area (Å²) in [6, 6.07) is 10.4. The maximum atomic E-state index is 12.5. The van der Waals surface area contributed by atoms with Crippen molar-refractivity contribution in [3.05, 3.63) is 57.8 Å². The molecule has 1 aromatic carbocycles. The second-order valence-electron chi connectivity index (χ2n) is 6.01. The summed E-state index contributed by atoms with van der Waals surface area (Å²) in [6.07, 6.45) is 0.925. The highest BCUT2D eigenvalue weighted by molar-refractivity contribution is 7.07. The molecule has 0 saturated carbocycles. The standard InChI is InChI=1S/C19H24N4OS/c1-2-20-19(21-11-15-8-10-25-14-15)22-12-18(24)23-9-7-16-5-3-4-6-17(16)13-23/h3-6,8,10,14H,2,7,9,11-13H2,1H3,(H2,20,21,22). The average molecular weight is 356 g/mol. The monoisotopic (exact) mass is 356 g/mol. The average Bonchev–Trinajstić information content (AvgIpc) is 3.17. The Morgan fingerprint density at radius 1 is 1.24 bits per heavy atom. The van der Waals surface area contributed by atoms with Gasteiger partial charge < -0.3 is 15.5 Å². The van der Waals surface area contributed by atoms with Crippen molar-refractivity contribution in [1.82, 2.24) is 15.5 Å². The number of guanidine groups is 1. The molecule has 1 aliphatic rings. The number of hydrogen-bond acceptors (Lipinski definition) is 3. The predicted octanol–water partition coefficient (Wildman–Crippen LogP) is 2.39.